The SMILES string of the molecule is CC(=O)CCn1ccc2c([N+](=O)[O-])cccc21. The van der Waals surface area contributed by atoms with Crippen molar-refractivity contribution >= 4 is 22.4 Å². The van der Waals surface area contributed by atoms with Gasteiger partial charge in [-0.1, -0.05) is 6.07 Å². The average Bonchev–Trinajstić information content (AvgIpc) is 2.68. The van der Waals surface area contributed by atoms with Crippen LogP contribution in [0.15, 0.2) is 30.5 Å². The minimum Gasteiger partial charge on any atom is -0.347 e. The maximum Gasteiger partial charge on any atom is 0.278 e. The van der Waals surface area contributed by atoms with Gasteiger partial charge in [0.25, 0.3) is 5.69 Å². The summed E-state index contributed by atoms with van der Waals surface area (Å²) in [7, 11) is 0. The van der Waals surface area contributed by atoms with Crippen LogP contribution < -0.4 is 0 Å². The Kier molecular flexibility index (Phi) is 2.91. The average molecular weight is 232 g/mol. The highest BCUT2D eigenvalue weighted by Crippen LogP contribution is 2.26. The zero-order valence-electron chi connectivity index (χ0n) is 9.42. The summed E-state index contributed by atoms with van der Waals surface area (Å²) in [6.45, 7) is 2.09. The Morgan fingerprint density at radius 1 is 1.41 bits per heavy atom. The molecule has 1 heterocycles. The van der Waals surface area contributed by atoms with Gasteiger partial charge in [0.2, 0.25) is 0 Å². The smallest absolute Gasteiger partial charge is 0.278 e. The number of non-ortho nitro benzene ring substituents is 1. The van der Waals surface area contributed by atoms with Crippen LogP contribution in [0.2, 0.25) is 0 Å². The molecule has 0 aliphatic rings. The summed E-state index contributed by atoms with van der Waals surface area (Å²) in [6, 6.07) is 6.68. The molecule has 0 aliphatic carbocycles. The van der Waals surface area contributed by atoms with E-state index in [9.17, 15) is 14.9 Å². The summed E-state index contributed by atoms with van der Waals surface area (Å²) in [5.74, 6) is 0.109. The number of benzene rings is 1. The lowest BCUT2D eigenvalue weighted by molar-refractivity contribution is -0.383. The molecule has 0 atom stereocenters. The molecule has 0 aliphatic heterocycles. The number of carbonyl (C=O) groups is 1. The van der Waals surface area contributed by atoms with Crippen LogP contribution in [0.5, 0.6) is 0 Å². The predicted octanol–water partition coefficient (Wildman–Crippen LogP) is 2.53. The Morgan fingerprint density at radius 2 is 2.18 bits per heavy atom. The Balaban J connectivity index is 2.44. The summed E-state index contributed by atoms with van der Waals surface area (Å²) >= 11 is 0. The van der Waals surface area contributed by atoms with Crippen LogP contribution in [-0.2, 0) is 11.3 Å². The molecule has 5 nitrogen and oxygen atoms in total. The van der Waals surface area contributed by atoms with Crippen molar-refractivity contribution in [2.24, 2.45) is 0 Å². The molecule has 0 saturated heterocycles. The first-order chi connectivity index (χ1) is 8.09. The molecule has 0 amide bonds. The Hall–Kier alpha value is -2.17. The van der Waals surface area contributed by atoms with Crippen molar-refractivity contribution in [2.75, 3.05) is 0 Å². The third-order valence-corrected chi connectivity index (χ3v) is 2.69. The van der Waals surface area contributed by atoms with E-state index in [2.05, 4.69) is 0 Å². The van der Waals surface area contributed by atoms with Crippen LogP contribution in [-0.4, -0.2) is 15.3 Å². The summed E-state index contributed by atoms with van der Waals surface area (Å²) in [5.41, 5.74) is 0.893. The van der Waals surface area contributed by atoms with Gasteiger partial charge >= 0.3 is 0 Å². The first-order valence-electron chi connectivity index (χ1n) is 5.31. The van der Waals surface area contributed by atoms with E-state index < -0.39 is 4.92 Å². The van der Waals surface area contributed by atoms with E-state index in [1.54, 1.807) is 18.3 Å². The van der Waals surface area contributed by atoms with E-state index in [-0.39, 0.29) is 11.5 Å². The molecule has 0 N–H and O–H groups in total. The number of nitrogens with zero attached hydrogens (tertiary/aromatic N) is 2. The molecule has 0 unspecified atom stereocenters. The summed E-state index contributed by atoms with van der Waals surface area (Å²) in [6.07, 6.45) is 2.22. The number of nitro benzene ring substituents is 1. The van der Waals surface area contributed by atoms with Gasteiger partial charge in [0.15, 0.2) is 0 Å². The van der Waals surface area contributed by atoms with E-state index >= 15 is 0 Å². The zero-order valence-corrected chi connectivity index (χ0v) is 9.42. The number of Topliss-reactive ketones (excluding diaryl/α,β-unsaturated/α-hetero) is 1. The van der Waals surface area contributed by atoms with Gasteiger partial charge in [-0.3, -0.25) is 14.9 Å². The Morgan fingerprint density at radius 3 is 2.82 bits per heavy atom. The third kappa shape index (κ3) is 2.18. The van der Waals surface area contributed by atoms with Crippen LogP contribution in [0.3, 0.4) is 0 Å². The van der Waals surface area contributed by atoms with E-state index in [1.807, 2.05) is 10.6 Å². The molecule has 0 bridgehead atoms. The summed E-state index contributed by atoms with van der Waals surface area (Å²) in [4.78, 5) is 21.4. The first-order valence-corrected chi connectivity index (χ1v) is 5.31. The van der Waals surface area contributed by atoms with E-state index in [0.29, 0.717) is 18.4 Å². The van der Waals surface area contributed by atoms with Gasteiger partial charge in [-0.2, -0.15) is 0 Å². The highest BCUT2D eigenvalue weighted by Gasteiger charge is 2.13. The zero-order chi connectivity index (χ0) is 12.4. The molecule has 2 rings (SSSR count). The normalized spacial score (nSPS) is 10.6. The molecule has 1 aromatic carbocycles. The number of fused-ring (bicyclic) bond motifs is 1. The van der Waals surface area contributed by atoms with Gasteiger partial charge in [-0.05, 0) is 19.1 Å². The van der Waals surface area contributed by atoms with Gasteiger partial charge in [0, 0.05) is 25.2 Å². The highest BCUT2D eigenvalue weighted by atomic mass is 16.6. The predicted molar refractivity (Wildman–Crippen MR) is 63.9 cm³/mol. The standard InChI is InChI=1S/C12H12N2O3/c1-9(15)5-7-13-8-6-10-11(13)3-2-4-12(10)14(16)17/h2-4,6,8H,5,7H2,1H3. The summed E-state index contributed by atoms with van der Waals surface area (Å²) < 4.78 is 1.86. The fourth-order valence-corrected chi connectivity index (χ4v) is 1.84. The second-order valence-electron chi connectivity index (χ2n) is 3.93. The molecule has 2 aromatic rings. The topological polar surface area (TPSA) is 65.1 Å². The quantitative estimate of drug-likeness (QED) is 0.601. The van der Waals surface area contributed by atoms with E-state index in [1.165, 1.54) is 13.0 Å². The monoisotopic (exact) mass is 232 g/mol. The van der Waals surface area contributed by atoms with Crippen molar-refractivity contribution in [1.29, 1.82) is 0 Å². The fraction of sp³-hybridized carbons (Fsp3) is 0.250. The van der Waals surface area contributed by atoms with E-state index in [4.69, 9.17) is 0 Å². The van der Waals surface area contributed by atoms with Crippen molar-refractivity contribution < 1.29 is 9.72 Å². The van der Waals surface area contributed by atoms with Gasteiger partial charge in [-0.15, -0.1) is 0 Å². The van der Waals surface area contributed by atoms with Gasteiger partial charge in [0.05, 0.1) is 15.8 Å². The molecule has 0 spiro atoms. The Bertz CT molecular complexity index is 586. The number of carbonyl (C=O) groups excluding carboxylic acids is 1. The number of hydrogen-bond donors (Lipinski definition) is 0. The van der Waals surface area contributed by atoms with Crippen LogP contribution >= 0.6 is 0 Å². The molecule has 1 aromatic heterocycles. The molecule has 5 heteroatoms. The molecule has 17 heavy (non-hydrogen) atoms. The summed E-state index contributed by atoms with van der Waals surface area (Å²) in [5, 5.41) is 11.4. The van der Waals surface area contributed by atoms with Crippen LogP contribution in [0.1, 0.15) is 13.3 Å². The number of aromatic nitrogens is 1. The maximum atomic E-state index is 10.9. The minimum atomic E-state index is -0.391. The minimum absolute atomic E-state index is 0.101. The van der Waals surface area contributed by atoms with Crippen LogP contribution in [0, 0.1) is 10.1 Å². The van der Waals surface area contributed by atoms with E-state index in [0.717, 1.165) is 5.52 Å². The molecule has 0 fully saturated rings. The molecule has 0 saturated carbocycles. The number of rotatable bonds is 4. The van der Waals surface area contributed by atoms with Crippen molar-refractivity contribution in [1.82, 2.24) is 4.57 Å². The number of nitro groups is 1. The first kappa shape index (κ1) is 11.3. The largest absolute Gasteiger partial charge is 0.347 e. The van der Waals surface area contributed by atoms with Gasteiger partial charge < -0.3 is 4.57 Å². The van der Waals surface area contributed by atoms with Crippen molar-refractivity contribution in [2.45, 2.75) is 19.9 Å². The molecular formula is C12H12N2O3. The number of ketones is 1. The lowest BCUT2D eigenvalue weighted by atomic mass is 10.2. The Labute approximate surface area is 97.8 Å². The third-order valence-electron chi connectivity index (χ3n) is 2.69. The lowest BCUT2D eigenvalue weighted by Crippen LogP contribution is -2.01. The lowest BCUT2D eigenvalue weighted by Gasteiger charge is -2.03. The number of aryl methyl sites for hydroxylation is 1. The maximum absolute atomic E-state index is 10.9. The number of hydrogen-bond acceptors (Lipinski definition) is 3. The fourth-order valence-electron chi connectivity index (χ4n) is 1.84. The van der Waals surface area contributed by atoms with Gasteiger partial charge in [0.1, 0.15) is 5.78 Å². The molecule has 88 valence electrons. The second kappa shape index (κ2) is 4.37. The second-order valence-corrected chi connectivity index (χ2v) is 3.93. The highest BCUT2D eigenvalue weighted by molar-refractivity contribution is 5.89. The van der Waals surface area contributed by atoms with Crippen LogP contribution in [0.4, 0.5) is 5.69 Å². The molecule has 0 radical (unpaired) electrons. The molecular weight excluding hydrogens is 220 g/mol. The van der Waals surface area contributed by atoms with Crippen LogP contribution in [0.25, 0.3) is 10.9 Å². The van der Waals surface area contributed by atoms with Crippen molar-refractivity contribution in [3.05, 3.63) is 40.6 Å². The van der Waals surface area contributed by atoms with Gasteiger partial charge in [-0.25, -0.2) is 0 Å². The van der Waals surface area contributed by atoms with Crippen molar-refractivity contribution in [3.63, 3.8) is 0 Å². The van der Waals surface area contributed by atoms with Crippen molar-refractivity contribution in [3.8, 4) is 0 Å².